The van der Waals surface area contributed by atoms with E-state index in [-0.39, 0.29) is 0 Å². The third kappa shape index (κ3) is 4.31. The summed E-state index contributed by atoms with van der Waals surface area (Å²) in [7, 11) is 0. The van der Waals surface area contributed by atoms with Crippen LogP contribution in [0.3, 0.4) is 0 Å². The maximum absolute atomic E-state index is 10.6. The number of rotatable bonds is 4. The van der Waals surface area contributed by atoms with Crippen molar-refractivity contribution in [2.45, 2.75) is 0 Å². The molecule has 5 heteroatoms. The van der Waals surface area contributed by atoms with E-state index >= 15 is 0 Å². The summed E-state index contributed by atoms with van der Waals surface area (Å²) < 4.78 is 4.42. The molecule has 0 radical (unpaired) electrons. The van der Waals surface area contributed by atoms with Gasteiger partial charge in [-0.1, -0.05) is 91.0 Å². The second-order valence-electron chi connectivity index (χ2n) is 12.3. The molecular weight excluding hydrogens is 611 g/mol. The van der Waals surface area contributed by atoms with E-state index in [4.69, 9.17) is 6.57 Å². The molecular formula is C45H25N5. The van der Waals surface area contributed by atoms with Gasteiger partial charge < -0.3 is 9.13 Å². The molecule has 0 atom stereocenters. The summed E-state index contributed by atoms with van der Waals surface area (Å²) in [5.41, 5.74) is 11.1. The second kappa shape index (κ2) is 11.4. The number of aromatic nitrogens is 2. The molecule has 0 N–H and O–H groups in total. The lowest BCUT2D eigenvalue weighted by Gasteiger charge is -2.19. The maximum atomic E-state index is 10.6. The fourth-order valence-electron chi connectivity index (χ4n) is 7.47. The molecule has 2 heterocycles. The van der Waals surface area contributed by atoms with Gasteiger partial charge in [0.05, 0.1) is 51.9 Å². The van der Waals surface area contributed by atoms with Crippen LogP contribution < -0.4 is 0 Å². The minimum Gasteiger partial charge on any atom is -0.310 e. The van der Waals surface area contributed by atoms with E-state index in [1.807, 2.05) is 72.8 Å². The van der Waals surface area contributed by atoms with Gasteiger partial charge in [0.15, 0.2) is 5.69 Å². The van der Waals surface area contributed by atoms with Crippen LogP contribution >= 0.6 is 0 Å². The van der Waals surface area contributed by atoms with Crippen LogP contribution in [0.1, 0.15) is 11.1 Å². The first kappa shape index (κ1) is 28.8. The number of fused-ring (bicyclic) bond motifs is 6. The highest BCUT2D eigenvalue weighted by Crippen LogP contribution is 2.43. The van der Waals surface area contributed by atoms with E-state index in [0.29, 0.717) is 16.8 Å². The standard InChI is InChI=1S/C45H25N5/c1-48-32-25-31(28-47)45(44(26-32)50-41-16-8-4-11-35(41)36-12-5-9-17-42(36)50)38-14-3-2-10-34(38)30-19-21-33(22-20-30)49-40-15-7-6-13-37(40)39-24-29(27-46)18-23-43(39)49/h2-26H. The van der Waals surface area contributed by atoms with Crippen molar-refractivity contribution < 1.29 is 0 Å². The molecule has 5 nitrogen and oxygen atoms in total. The number of nitrogens with zero attached hydrogens (tertiary/aromatic N) is 5. The molecule has 50 heavy (non-hydrogen) atoms. The van der Waals surface area contributed by atoms with Crippen molar-refractivity contribution in [1.82, 2.24) is 9.13 Å². The average Bonchev–Trinajstić information content (AvgIpc) is 3.70. The molecule has 0 bridgehead atoms. The Balaban J connectivity index is 1.26. The molecule has 0 saturated heterocycles. The molecule has 0 aliphatic carbocycles. The normalized spacial score (nSPS) is 11.1. The third-order valence-electron chi connectivity index (χ3n) is 9.61. The van der Waals surface area contributed by atoms with Gasteiger partial charge in [-0.2, -0.15) is 10.5 Å². The summed E-state index contributed by atoms with van der Waals surface area (Å²) >= 11 is 0. The lowest BCUT2D eigenvalue weighted by Crippen LogP contribution is -2.01. The van der Waals surface area contributed by atoms with E-state index in [1.54, 1.807) is 6.07 Å². The van der Waals surface area contributed by atoms with Gasteiger partial charge in [-0.3, -0.25) is 0 Å². The summed E-state index contributed by atoms with van der Waals surface area (Å²) in [6, 6.07) is 55.6. The van der Waals surface area contributed by atoms with Gasteiger partial charge in [-0.25, -0.2) is 4.85 Å². The van der Waals surface area contributed by atoms with Crippen LogP contribution in [0.15, 0.2) is 152 Å². The SMILES string of the molecule is [C-]#[N+]c1cc(C#N)c(-c2ccccc2-c2ccc(-n3c4ccccc4c4cc(C#N)ccc43)cc2)c(-n2c3ccccc3c3ccccc32)c1. The monoisotopic (exact) mass is 635 g/mol. The molecule has 0 aliphatic heterocycles. The highest BCUT2D eigenvalue weighted by Gasteiger charge is 2.22. The first-order valence-electron chi connectivity index (χ1n) is 16.3. The van der Waals surface area contributed by atoms with Crippen molar-refractivity contribution in [3.63, 3.8) is 0 Å². The minimum absolute atomic E-state index is 0.414. The Labute approximate surface area is 288 Å². The van der Waals surface area contributed by atoms with Crippen molar-refractivity contribution in [1.29, 1.82) is 10.5 Å². The summed E-state index contributed by atoms with van der Waals surface area (Å²) in [6.45, 7) is 7.91. The molecule has 2 aromatic heterocycles. The van der Waals surface area contributed by atoms with Crippen LogP contribution in [0.2, 0.25) is 0 Å². The fourth-order valence-corrected chi connectivity index (χ4v) is 7.47. The second-order valence-corrected chi connectivity index (χ2v) is 12.3. The number of benzene rings is 7. The van der Waals surface area contributed by atoms with E-state index in [1.165, 1.54) is 0 Å². The van der Waals surface area contributed by atoms with E-state index < -0.39 is 0 Å². The summed E-state index contributed by atoms with van der Waals surface area (Å²) in [5.74, 6) is 0. The lowest BCUT2D eigenvalue weighted by atomic mass is 9.90. The van der Waals surface area contributed by atoms with Gasteiger partial charge in [0.1, 0.15) is 0 Å². The predicted molar refractivity (Wildman–Crippen MR) is 202 cm³/mol. The highest BCUT2D eigenvalue weighted by molar-refractivity contribution is 6.11. The van der Waals surface area contributed by atoms with Gasteiger partial charge >= 0.3 is 0 Å². The first-order chi connectivity index (χ1) is 24.7. The Morgan fingerprint density at radius 2 is 1.06 bits per heavy atom. The molecule has 9 rings (SSSR count). The highest BCUT2D eigenvalue weighted by atomic mass is 15.0. The third-order valence-corrected chi connectivity index (χ3v) is 9.61. The Kier molecular flexibility index (Phi) is 6.56. The molecule has 9 aromatic rings. The van der Waals surface area contributed by atoms with Crippen molar-refractivity contribution >= 4 is 49.3 Å². The van der Waals surface area contributed by atoms with Crippen molar-refractivity contribution in [3.05, 3.63) is 174 Å². The van der Waals surface area contributed by atoms with E-state index in [2.05, 4.69) is 98.9 Å². The fraction of sp³-hybridized carbons (Fsp3) is 0. The van der Waals surface area contributed by atoms with E-state index in [9.17, 15) is 10.5 Å². The number of nitriles is 2. The van der Waals surface area contributed by atoms with Crippen molar-refractivity contribution in [2.24, 2.45) is 0 Å². The quantitative estimate of drug-likeness (QED) is 0.181. The smallest absolute Gasteiger partial charge is 0.190 e. The molecule has 0 saturated carbocycles. The predicted octanol–water partition coefficient (Wildman–Crippen LogP) is 11.5. The van der Waals surface area contributed by atoms with Crippen molar-refractivity contribution in [2.75, 3.05) is 0 Å². The summed E-state index contributed by atoms with van der Waals surface area (Å²) in [6.07, 6.45) is 0. The summed E-state index contributed by atoms with van der Waals surface area (Å²) in [5, 5.41) is 24.5. The molecule has 230 valence electrons. The number of hydrogen-bond donors (Lipinski definition) is 0. The van der Waals surface area contributed by atoms with Gasteiger partial charge in [-0.15, -0.1) is 0 Å². The van der Waals surface area contributed by atoms with E-state index in [0.717, 1.165) is 77.2 Å². The van der Waals surface area contributed by atoms with Crippen LogP contribution in [0.4, 0.5) is 5.69 Å². The Bertz CT molecular complexity index is 2900. The molecule has 0 spiro atoms. The van der Waals surface area contributed by atoms with Gasteiger partial charge in [0.25, 0.3) is 0 Å². The Hall–Kier alpha value is -7.39. The zero-order valence-corrected chi connectivity index (χ0v) is 26.7. The van der Waals surface area contributed by atoms with Crippen LogP contribution in [-0.2, 0) is 0 Å². The number of para-hydroxylation sites is 3. The van der Waals surface area contributed by atoms with Crippen LogP contribution in [-0.4, -0.2) is 9.13 Å². The van der Waals surface area contributed by atoms with Gasteiger partial charge in [0, 0.05) is 38.5 Å². The lowest BCUT2D eigenvalue weighted by molar-refractivity contribution is 1.18. The molecule has 7 aromatic carbocycles. The molecule has 0 aliphatic rings. The van der Waals surface area contributed by atoms with Crippen molar-refractivity contribution in [3.8, 4) is 45.8 Å². The van der Waals surface area contributed by atoms with Crippen LogP contribution in [0.5, 0.6) is 0 Å². The van der Waals surface area contributed by atoms with Crippen LogP contribution in [0.25, 0.3) is 82.1 Å². The van der Waals surface area contributed by atoms with Gasteiger partial charge in [0.2, 0.25) is 0 Å². The number of hydrogen-bond acceptors (Lipinski definition) is 2. The Morgan fingerprint density at radius 1 is 0.500 bits per heavy atom. The van der Waals surface area contributed by atoms with Gasteiger partial charge in [-0.05, 0) is 77.4 Å². The minimum atomic E-state index is 0.414. The molecule has 0 unspecified atom stereocenters. The first-order valence-corrected chi connectivity index (χ1v) is 16.3. The molecule has 0 amide bonds. The topological polar surface area (TPSA) is 61.8 Å². The molecule has 0 fully saturated rings. The zero-order valence-electron chi connectivity index (χ0n) is 26.7. The average molecular weight is 636 g/mol. The summed E-state index contributed by atoms with van der Waals surface area (Å²) in [4.78, 5) is 3.78. The largest absolute Gasteiger partial charge is 0.310 e. The maximum Gasteiger partial charge on any atom is 0.190 e. The van der Waals surface area contributed by atoms with Crippen LogP contribution in [0, 0.1) is 29.2 Å². The Morgan fingerprint density at radius 3 is 1.68 bits per heavy atom. The zero-order chi connectivity index (χ0) is 33.8.